The summed E-state index contributed by atoms with van der Waals surface area (Å²) in [5.74, 6) is -0.820. The molecule has 0 saturated heterocycles. The average molecular weight is 276 g/mol. The fourth-order valence-corrected chi connectivity index (χ4v) is 2.80. The van der Waals surface area contributed by atoms with Crippen molar-refractivity contribution in [2.24, 2.45) is 0 Å². The fourth-order valence-electron chi connectivity index (χ4n) is 2.04. The van der Waals surface area contributed by atoms with Gasteiger partial charge in [0.15, 0.2) is 5.16 Å². The van der Waals surface area contributed by atoms with E-state index < -0.39 is 5.97 Å². The number of carbonyl (C=O) groups is 1. The summed E-state index contributed by atoms with van der Waals surface area (Å²) >= 11 is 1.23. The second-order valence-electron chi connectivity index (χ2n) is 4.55. The van der Waals surface area contributed by atoms with E-state index in [1.807, 2.05) is 25.3 Å². The van der Waals surface area contributed by atoms with Crippen LogP contribution in [-0.4, -0.2) is 26.4 Å². The van der Waals surface area contributed by atoms with Gasteiger partial charge < -0.3 is 5.11 Å². The molecule has 2 aromatic rings. The van der Waals surface area contributed by atoms with Crippen molar-refractivity contribution in [3.8, 4) is 5.69 Å². The Labute approximate surface area is 116 Å². The molecule has 0 radical (unpaired) electrons. The largest absolute Gasteiger partial charge is 0.481 e. The lowest BCUT2D eigenvalue weighted by Gasteiger charge is -2.11. The average Bonchev–Trinajstić information content (AvgIpc) is 2.66. The number of carboxylic acids is 1. The van der Waals surface area contributed by atoms with Gasteiger partial charge in [0.25, 0.3) is 0 Å². The number of imidazole rings is 1. The van der Waals surface area contributed by atoms with Gasteiger partial charge >= 0.3 is 5.97 Å². The minimum absolute atomic E-state index is 0.0151. The lowest BCUT2D eigenvalue weighted by molar-refractivity contribution is -0.133. The Hall–Kier alpha value is -1.75. The number of benzene rings is 1. The Morgan fingerprint density at radius 2 is 1.89 bits per heavy atom. The summed E-state index contributed by atoms with van der Waals surface area (Å²) < 4.78 is 1.99. The molecule has 100 valence electrons. The number of aliphatic carboxylic acids is 1. The molecule has 0 bridgehead atoms. The lowest BCUT2D eigenvalue weighted by atomic mass is 10.1. The Morgan fingerprint density at radius 3 is 2.47 bits per heavy atom. The van der Waals surface area contributed by atoms with E-state index in [1.165, 1.54) is 22.9 Å². The molecular formula is C14H16N2O2S. The molecule has 2 rings (SSSR count). The molecule has 1 N–H and O–H groups in total. The summed E-state index contributed by atoms with van der Waals surface area (Å²) in [6, 6.07) is 6.26. The van der Waals surface area contributed by atoms with Crippen molar-refractivity contribution in [3.05, 3.63) is 41.2 Å². The second-order valence-corrected chi connectivity index (χ2v) is 5.49. The van der Waals surface area contributed by atoms with Gasteiger partial charge in [0.1, 0.15) is 0 Å². The summed E-state index contributed by atoms with van der Waals surface area (Å²) in [4.78, 5) is 15.0. The zero-order valence-electron chi connectivity index (χ0n) is 11.2. The van der Waals surface area contributed by atoms with Crippen LogP contribution in [0.15, 0.2) is 29.6 Å². The molecule has 4 nitrogen and oxygen atoms in total. The van der Waals surface area contributed by atoms with E-state index in [2.05, 4.69) is 23.2 Å². The topological polar surface area (TPSA) is 55.1 Å². The number of hydrogen-bond donors (Lipinski definition) is 1. The van der Waals surface area contributed by atoms with Crippen molar-refractivity contribution in [2.75, 3.05) is 5.75 Å². The van der Waals surface area contributed by atoms with Crippen LogP contribution in [0.2, 0.25) is 0 Å². The first-order valence-corrected chi connectivity index (χ1v) is 6.93. The molecule has 0 amide bonds. The van der Waals surface area contributed by atoms with E-state index in [9.17, 15) is 4.79 Å². The molecule has 1 heterocycles. The molecule has 19 heavy (non-hydrogen) atoms. The van der Waals surface area contributed by atoms with Gasteiger partial charge in [0.2, 0.25) is 0 Å². The molecule has 0 spiro atoms. The summed E-state index contributed by atoms with van der Waals surface area (Å²) in [6.07, 6.45) is 1.77. The lowest BCUT2D eigenvalue weighted by Crippen LogP contribution is -2.03. The van der Waals surface area contributed by atoms with Crippen LogP contribution in [0.25, 0.3) is 5.69 Å². The van der Waals surface area contributed by atoms with Gasteiger partial charge in [0.05, 0.1) is 5.75 Å². The Morgan fingerprint density at radius 1 is 1.26 bits per heavy atom. The predicted molar refractivity (Wildman–Crippen MR) is 76.1 cm³/mol. The highest BCUT2D eigenvalue weighted by Crippen LogP contribution is 2.24. The predicted octanol–water partition coefficient (Wildman–Crippen LogP) is 2.97. The molecule has 1 aromatic heterocycles. The fraction of sp³-hybridized carbons (Fsp3) is 0.286. The summed E-state index contributed by atoms with van der Waals surface area (Å²) in [7, 11) is 0. The van der Waals surface area contributed by atoms with E-state index >= 15 is 0 Å². The van der Waals surface area contributed by atoms with E-state index in [1.54, 1.807) is 6.20 Å². The molecular weight excluding hydrogens is 260 g/mol. The van der Waals surface area contributed by atoms with Crippen LogP contribution in [-0.2, 0) is 4.79 Å². The first-order valence-electron chi connectivity index (χ1n) is 5.95. The first kappa shape index (κ1) is 13.7. The van der Waals surface area contributed by atoms with Crippen LogP contribution in [0.1, 0.15) is 16.8 Å². The van der Waals surface area contributed by atoms with Crippen LogP contribution in [0.3, 0.4) is 0 Å². The smallest absolute Gasteiger partial charge is 0.313 e. The van der Waals surface area contributed by atoms with Gasteiger partial charge in [-0.1, -0.05) is 17.8 Å². The number of hydrogen-bond acceptors (Lipinski definition) is 3. The van der Waals surface area contributed by atoms with Crippen molar-refractivity contribution in [1.82, 2.24) is 9.55 Å². The summed E-state index contributed by atoms with van der Waals surface area (Å²) in [5, 5.41) is 9.49. The van der Waals surface area contributed by atoms with Crippen molar-refractivity contribution in [1.29, 1.82) is 0 Å². The van der Waals surface area contributed by atoms with Crippen LogP contribution in [0.5, 0.6) is 0 Å². The number of thioether (sulfide) groups is 1. The minimum atomic E-state index is -0.836. The van der Waals surface area contributed by atoms with Gasteiger partial charge in [-0.3, -0.25) is 9.36 Å². The second kappa shape index (κ2) is 5.48. The molecule has 5 heteroatoms. The van der Waals surface area contributed by atoms with Crippen LogP contribution < -0.4 is 0 Å². The molecule has 0 fully saturated rings. The molecule has 0 atom stereocenters. The maximum atomic E-state index is 10.7. The third-order valence-corrected chi connectivity index (χ3v) is 3.63. The quantitative estimate of drug-likeness (QED) is 0.872. The van der Waals surface area contributed by atoms with Crippen molar-refractivity contribution in [3.63, 3.8) is 0 Å². The maximum Gasteiger partial charge on any atom is 0.313 e. The minimum Gasteiger partial charge on any atom is -0.481 e. The number of nitrogens with zero attached hydrogens (tertiary/aromatic N) is 2. The standard InChI is InChI=1S/C14H16N2O2S/c1-9-4-10(2)6-12(5-9)16-11(3)7-15-14(16)19-8-13(17)18/h4-7H,8H2,1-3H3,(H,17,18). The van der Waals surface area contributed by atoms with E-state index in [4.69, 9.17) is 5.11 Å². The number of carboxylic acid groups (broad SMARTS) is 1. The Bertz CT molecular complexity index is 600. The van der Waals surface area contributed by atoms with Gasteiger partial charge in [0, 0.05) is 17.6 Å². The summed E-state index contributed by atoms with van der Waals surface area (Å²) in [5.41, 5.74) is 4.38. The Balaban J connectivity index is 2.43. The molecule has 0 aliphatic heterocycles. The van der Waals surface area contributed by atoms with Gasteiger partial charge in [-0.15, -0.1) is 0 Å². The zero-order chi connectivity index (χ0) is 14.0. The van der Waals surface area contributed by atoms with Crippen LogP contribution in [0.4, 0.5) is 0 Å². The normalized spacial score (nSPS) is 10.7. The van der Waals surface area contributed by atoms with Gasteiger partial charge in [-0.05, 0) is 44.0 Å². The number of aryl methyl sites for hydroxylation is 3. The van der Waals surface area contributed by atoms with Gasteiger partial charge in [-0.25, -0.2) is 4.98 Å². The number of aromatic nitrogens is 2. The van der Waals surface area contributed by atoms with E-state index in [0.29, 0.717) is 5.16 Å². The highest BCUT2D eigenvalue weighted by atomic mass is 32.2. The van der Waals surface area contributed by atoms with Crippen molar-refractivity contribution >= 4 is 17.7 Å². The monoisotopic (exact) mass is 276 g/mol. The molecule has 0 unspecified atom stereocenters. The Kier molecular flexibility index (Phi) is 3.95. The first-order chi connectivity index (χ1) is 8.97. The van der Waals surface area contributed by atoms with Crippen molar-refractivity contribution < 1.29 is 9.90 Å². The summed E-state index contributed by atoms with van der Waals surface area (Å²) in [6.45, 7) is 6.06. The van der Waals surface area contributed by atoms with E-state index in [-0.39, 0.29) is 5.75 Å². The van der Waals surface area contributed by atoms with Crippen LogP contribution in [0, 0.1) is 20.8 Å². The van der Waals surface area contributed by atoms with Crippen molar-refractivity contribution in [2.45, 2.75) is 25.9 Å². The third-order valence-electron chi connectivity index (χ3n) is 2.70. The third kappa shape index (κ3) is 3.17. The van der Waals surface area contributed by atoms with Crippen LogP contribution >= 0.6 is 11.8 Å². The zero-order valence-corrected chi connectivity index (χ0v) is 12.0. The highest BCUT2D eigenvalue weighted by molar-refractivity contribution is 7.99. The van der Waals surface area contributed by atoms with E-state index in [0.717, 1.165) is 11.4 Å². The van der Waals surface area contributed by atoms with Gasteiger partial charge in [-0.2, -0.15) is 0 Å². The molecule has 0 saturated carbocycles. The molecule has 1 aromatic carbocycles. The highest BCUT2D eigenvalue weighted by Gasteiger charge is 2.11. The maximum absolute atomic E-state index is 10.7. The molecule has 0 aliphatic rings. The SMILES string of the molecule is Cc1cc(C)cc(-n2c(C)cnc2SCC(=O)O)c1. The molecule has 0 aliphatic carbocycles. The number of rotatable bonds is 4.